The van der Waals surface area contributed by atoms with Crippen molar-refractivity contribution in [3.63, 3.8) is 0 Å². The molecule has 0 fully saturated rings. The minimum Gasteiger partial charge on any atom is -0.456 e. The highest BCUT2D eigenvalue weighted by Gasteiger charge is 2.18. The maximum Gasteiger partial charge on any atom is 0.355 e. The summed E-state index contributed by atoms with van der Waals surface area (Å²) in [7, 11) is 0. The molecule has 0 aliphatic carbocycles. The zero-order valence-electron chi connectivity index (χ0n) is 13.0. The predicted octanol–water partition coefficient (Wildman–Crippen LogP) is 4.33. The molecule has 0 spiro atoms. The van der Waals surface area contributed by atoms with Crippen molar-refractivity contribution in [3.8, 4) is 0 Å². The molecule has 0 aliphatic heterocycles. The van der Waals surface area contributed by atoms with Crippen molar-refractivity contribution in [3.05, 3.63) is 58.4 Å². The number of hydrogen-bond acceptors (Lipinski definition) is 2. The summed E-state index contributed by atoms with van der Waals surface area (Å²) in [5.41, 5.74) is 4.95. The number of aromatic amines is 1. The maximum absolute atomic E-state index is 12.2. The summed E-state index contributed by atoms with van der Waals surface area (Å²) in [6, 6.07) is 9.73. The standard InChI is InChI=1S/C18H23NO2/c1-4-5-11-16-13(2)17(19-14(16)3)18(20)21-12-15-9-7-6-8-10-15/h6-10,19H,4-5,11-12H2,1-3H3. The summed E-state index contributed by atoms with van der Waals surface area (Å²) >= 11 is 0. The van der Waals surface area contributed by atoms with Crippen molar-refractivity contribution >= 4 is 5.97 Å². The fraction of sp³-hybridized carbons (Fsp3) is 0.389. The lowest BCUT2D eigenvalue weighted by Gasteiger charge is -2.05. The van der Waals surface area contributed by atoms with Crippen molar-refractivity contribution in [1.82, 2.24) is 4.98 Å². The Balaban J connectivity index is 2.05. The lowest BCUT2D eigenvalue weighted by Crippen LogP contribution is -2.07. The third-order valence-electron chi connectivity index (χ3n) is 3.79. The van der Waals surface area contributed by atoms with Crippen molar-refractivity contribution in [2.45, 2.75) is 46.6 Å². The fourth-order valence-electron chi connectivity index (χ4n) is 2.52. The van der Waals surface area contributed by atoms with E-state index < -0.39 is 0 Å². The first kappa shape index (κ1) is 15.4. The van der Waals surface area contributed by atoms with Crippen molar-refractivity contribution in [1.29, 1.82) is 0 Å². The molecule has 112 valence electrons. The number of benzene rings is 1. The molecule has 21 heavy (non-hydrogen) atoms. The van der Waals surface area contributed by atoms with Crippen molar-refractivity contribution < 1.29 is 9.53 Å². The van der Waals surface area contributed by atoms with Gasteiger partial charge in [0.05, 0.1) is 0 Å². The quantitative estimate of drug-likeness (QED) is 0.803. The molecule has 0 saturated heterocycles. The van der Waals surface area contributed by atoms with Crippen LogP contribution in [0.2, 0.25) is 0 Å². The van der Waals surface area contributed by atoms with E-state index in [1.165, 1.54) is 5.56 Å². The largest absolute Gasteiger partial charge is 0.456 e. The van der Waals surface area contributed by atoms with Crippen molar-refractivity contribution in [2.24, 2.45) is 0 Å². The molecule has 2 rings (SSSR count). The topological polar surface area (TPSA) is 42.1 Å². The number of hydrogen-bond donors (Lipinski definition) is 1. The molecule has 2 aromatic rings. The Labute approximate surface area is 126 Å². The van der Waals surface area contributed by atoms with Crippen LogP contribution in [-0.4, -0.2) is 11.0 Å². The normalized spacial score (nSPS) is 10.6. The summed E-state index contributed by atoms with van der Waals surface area (Å²) in [5, 5.41) is 0. The van der Waals surface area contributed by atoms with Gasteiger partial charge in [-0.15, -0.1) is 0 Å². The number of ether oxygens (including phenoxy) is 1. The van der Waals surface area contributed by atoms with Gasteiger partial charge >= 0.3 is 5.97 Å². The first-order valence-corrected chi connectivity index (χ1v) is 7.52. The van der Waals surface area contributed by atoms with Crippen LogP contribution < -0.4 is 0 Å². The molecule has 0 aliphatic rings. The number of aromatic nitrogens is 1. The van der Waals surface area contributed by atoms with Crippen LogP contribution in [0.15, 0.2) is 30.3 Å². The van der Waals surface area contributed by atoms with E-state index in [0.29, 0.717) is 12.3 Å². The molecule has 0 atom stereocenters. The van der Waals surface area contributed by atoms with E-state index in [1.54, 1.807) is 0 Å². The molecule has 3 heteroatoms. The first-order valence-electron chi connectivity index (χ1n) is 7.52. The minimum atomic E-state index is -0.276. The number of aryl methyl sites for hydroxylation is 1. The Hall–Kier alpha value is -2.03. The van der Waals surface area contributed by atoms with Crippen LogP contribution in [0.1, 0.15) is 52.6 Å². The number of nitrogens with one attached hydrogen (secondary N) is 1. The van der Waals surface area contributed by atoms with Gasteiger partial charge in [0.25, 0.3) is 0 Å². The van der Waals surface area contributed by atoms with Gasteiger partial charge in [-0.3, -0.25) is 0 Å². The molecule has 0 unspecified atom stereocenters. The van der Waals surface area contributed by atoms with E-state index in [2.05, 4.69) is 11.9 Å². The molecule has 0 bridgehead atoms. The summed E-state index contributed by atoms with van der Waals surface area (Å²) < 4.78 is 5.40. The summed E-state index contributed by atoms with van der Waals surface area (Å²) in [4.78, 5) is 15.4. The van der Waals surface area contributed by atoms with E-state index >= 15 is 0 Å². The molecule has 3 nitrogen and oxygen atoms in total. The van der Waals surface area contributed by atoms with Gasteiger partial charge in [0.2, 0.25) is 0 Å². The van der Waals surface area contributed by atoms with Gasteiger partial charge in [0.1, 0.15) is 12.3 Å². The van der Waals surface area contributed by atoms with E-state index in [1.807, 2.05) is 44.2 Å². The lowest BCUT2D eigenvalue weighted by atomic mass is 10.0. The number of unbranched alkanes of at least 4 members (excludes halogenated alkanes) is 1. The summed E-state index contributed by atoms with van der Waals surface area (Å²) in [6.07, 6.45) is 3.30. The fourth-order valence-corrected chi connectivity index (χ4v) is 2.52. The van der Waals surface area contributed by atoms with Gasteiger partial charge in [0, 0.05) is 5.69 Å². The minimum absolute atomic E-state index is 0.276. The lowest BCUT2D eigenvalue weighted by molar-refractivity contribution is 0.0465. The van der Waals surface area contributed by atoms with Gasteiger partial charge in [0.15, 0.2) is 0 Å². The molecule has 1 N–H and O–H groups in total. The second-order valence-electron chi connectivity index (χ2n) is 5.39. The zero-order valence-corrected chi connectivity index (χ0v) is 13.0. The number of rotatable bonds is 6. The Bertz CT molecular complexity index is 599. The van der Waals surface area contributed by atoms with E-state index in [4.69, 9.17) is 4.74 Å². The third-order valence-corrected chi connectivity index (χ3v) is 3.79. The van der Waals surface area contributed by atoms with E-state index in [0.717, 1.165) is 36.1 Å². The highest BCUT2D eigenvalue weighted by atomic mass is 16.5. The third kappa shape index (κ3) is 3.75. The van der Waals surface area contributed by atoms with E-state index in [9.17, 15) is 4.79 Å². The Morgan fingerprint density at radius 1 is 1.19 bits per heavy atom. The predicted molar refractivity (Wildman–Crippen MR) is 84.4 cm³/mol. The molecule has 0 radical (unpaired) electrons. The average Bonchev–Trinajstić information content (AvgIpc) is 2.79. The van der Waals surface area contributed by atoms with Crippen LogP contribution in [0, 0.1) is 13.8 Å². The van der Waals surface area contributed by atoms with E-state index in [-0.39, 0.29) is 5.97 Å². The van der Waals surface area contributed by atoms with Crippen LogP contribution in [0.3, 0.4) is 0 Å². The highest BCUT2D eigenvalue weighted by Crippen LogP contribution is 2.21. The first-order chi connectivity index (χ1) is 10.1. The van der Waals surface area contributed by atoms with Gasteiger partial charge in [-0.1, -0.05) is 43.7 Å². The SMILES string of the molecule is CCCCc1c(C)[nH]c(C(=O)OCc2ccccc2)c1C. The van der Waals surface area contributed by atoms with Gasteiger partial charge in [-0.2, -0.15) is 0 Å². The highest BCUT2D eigenvalue weighted by molar-refractivity contribution is 5.89. The summed E-state index contributed by atoms with van der Waals surface area (Å²) in [6.45, 7) is 6.49. The van der Waals surface area contributed by atoms with Crippen LogP contribution in [-0.2, 0) is 17.8 Å². The zero-order chi connectivity index (χ0) is 15.2. The Morgan fingerprint density at radius 2 is 1.90 bits per heavy atom. The molecule has 1 aromatic carbocycles. The Kier molecular flexibility index (Phi) is 5.20. The van der Waals surface area contributed by atoms with Gasteiger partial charge in [-0.25, -0.2) is 4.79 Å². The molecule has 1 heterocycles. The number of esters is 1. The smallest absolute Gasteiger partial charge is 0.355 e. The van der Waals surface area contributed by atoms with Gasteiger partial charge in [-0.05, 0) is 43.4 Å². The summed E-state index contributed by atoms with van der Waals surface area (Å²) in [5.74, 6) is -0.276. The van der Waals surface area contributed by atoms with Crippen molar-refractivity contribution in [2.75, 3.05) is 0 Å². The van der Waals surface area contributed by atoms with Gasteiger partial charge < -0.3 is 9.72 Å². The van der Waals surface area contributed by atoms with Crippen LogP contribution in [0.25, 0.3) is 0 Å². The average molecular weight is 285 g/mol. The number of H-pyrrole nitrogens is 1. The second kappa shape index (κ2) is 7.11. The molecule has 0 amide bonds. The van der Waals surface area contributed by atoms with Crippen LogP contribution in [0.5, 0.6) is 0 Å². The monoisotopic (exact) mass is 285 g/mol. The maximum atomic E-state index is 12.2. The Morgan fingerprint density at radius 3 is 2.57 bits per heavy atom. The number of carbonyl (C=O) groups is 1. The van der Waals surface area contributed by atoms with Crippen LogP contribution in [0.4, 0.5) is 0 Å². The second-order valence-corrected chi connectivity index (χ2v) is 5.39. The molecule has 1 aromatic heterocycles. The molecular formula is C18H23NO2. The van der Waals surface area contributed by atoms with Crippen LogP contribution >= 0.6 is 0 Å². The molecule has 0 saturated carbocycles. The molecular weight excluding hydrogens is 262 g/mol. The number of carbonyl (C=O) groups excluding carboxylic acids is 1.